The number of carbonyl (C=O) groups excluding carboxylic acids is 1. The Labute approximate surface area is 123 Å². The monoisotopic (exact) mass is 294 g/mol. The number of aromatic hydroxyl groups is 1. The Kier molecular flexibility index (Phi) is 5.40. The van der Waals surface area contributed by atoms with Gasteiger partial charge < -0.3 is 9.53 Å². The molecule has 20 heavy (non-hydrogen) atoms. The summed E-state index contributed by atoms with van der Waals surface area (Å²) < 4.78 is 6.07. The van der Waals surface area contributed by atoms with E-state index in [1.807, 2.05) is 0 Å². The first kappa shape index (κ1) is 16.8. The van der Waals surface area contributed by atoms with E-state index in [0.29, 0.717) is 22.2 Å². The van der Waals surface area contributed by atoms with Crippen LogP contribution in [0.15, 0.2) is 24.3 Å². The van der Waals surface area contributed by atoms with Crippen LogP contribution in [0.25, 0.3) is 0 Å². The molecule has 1 aromatic rings. The van der Waals surface area contributed by atoms with E-state index in [2.05, 4.69) is 41.5 Å². The summed E-state index contributed by atoms with van der Waals surface area (Å²) in [5.41, 5.74) is 1.59. The molecule has 0 unspecified atom stereocenters. The van der Waals surface area contributed by atoms with Crippen molar-refractivity contribution >= 4 is 14.3 Å². The summed E-state index contributed by atoms with van der Waals surface area (Å²) in [5, 5.41) is 9.29. The average Bonchev–Trinajstić information content (AvgIpc) is 2.35. The van der Waals surface area contributed by atoms with Crippen molar-refractivity contribution in [3.63, 3.8) is 0 Å². The van der Waals surface area contributed by atoms with Crippen LogP contribution in [0.4, 0.5) is 0 Å². The fraction of sp³-hybridized carbons (Fsp3) is 0.562. The number of phenolic OH excluding ortho intramolecular Hbond substituents is 1. The lowest BCUT2D eigenvalue weighted by molar-refractivity contribution is 0.0705. The highest BCUT2D eigenvalue weighted by Gasteiger charge is 2.48. The van der Waals surface area contributed by atoms with E-state index >= 15 is 0 Å². The molecule has 112 valence electrons. The van der Waals surface area contributed by atoms with Crippen LogP contribution in [0, 0.1) is 0 Å². The smallest absolute Gasteiger partial charge is 0.324 e. The van der Waals surface area contributed by atoms with E-state index in [-0.39, 0.29) is 11.7 Å². The van der Waals surface area contributed by atoms with Crippen molar-refractivity contribution in [2.24, 2.45) is 0 Å². The largest absolute Gasteiger partial charge is 0.515 e. The summed E-state index contributed by atoms with van der Waals surface area (Å²) in [4.78, 5) is 12.4. The predicted octanol–water partition coefficient (Wildman–Crippen LogP) is 4.72. The minimum atomic E-state index is -2.20. The Morgan fingerprint density at radius 1 is 0.950 bits per heavy atom. The molecule has 1 aromatic carbocycles. The molecule has 0 aliphatic heterocycles. The lowest BCUT2D eigenvalue weighted by Gasteiger charge is -2.41. The van der Waals surface area contributed by atoms with E-state index in [4.69, 9.17) is 4.43 Å². The molecule has 1 N–H and O–H groups in total. The molecule has 0 saturated heterocycles. The van der Waals surface area contributed by atoms with Gasteiger partial charge in [-0.3, -0.25) is 0 Å². The third kappa shape index (κ3) is 3.23. The Bertz CT molecular complexity index is 428. The quantitative estimate of drug-likeness (QED) is 0.799. The molecule has 0 aliphatic rings. The number of rotatable bonds is 5. The van der Waals surface area contributed by atoms with E-state index < -0.39 is 8.32 Å². The molecule has 0 aromatic heterocycles. The second kappa shape index (κ2) is 6.44. The zero-order chi connectivity index (χ0) is 15.5. The fourth-order valence-electron chi connectivity index (χ4n) is 3.17. The van der Waals surface area contributed by atoms with Crippen molar-refractivity contribution in [1.29, 1.82) is 0 Å². The van der Waals surface area contributed by atoms with Crippen molar-refractivity contribution in [1.82, 2.24) is 0 Å². The van der Waals surface area contributed by atoms with Crippen LogP contribution >= 0.6 is 0 Å². The minimum absolute atomic E-state index is 0.154. The molecule has 4 heteroatoms. The third-order valence-electron chi connectivity index (χ3n) is 4.08. The van der Waals surface area contributed by atoms with Crippen molar-refractivity contribution in [3.8, 4) is 5.75 Å². The molecule has 0 amide bonds. The van der Waals surface area contributed by atoms with E-state index in [1.54, 1.807) is 12.1 Å². The topological polar surface area (TPSA) is 46.5 Å². The Hall–Kier alpha value is -1.29. The molecule has 0 heterocycles. The molecule has 1 rings (SSSR count). The van der Waals surface area contributed by atoms with E-state index in [1.165, 1.54) is 12.1 Å². The van der Waals surface area contributed by atoms with Crippen LogP contribution in [0.2, 0.25) is 16.6 Å². The highest BCUT2D eigenvalue weighted by atomic mass is 28.4. The summed E-state index contributed by atoms with van der Waals surface area (Å²) in [6.45, 7) is 12.9. The standard InChI is InChI=1S/C16H26O3Si/c1-11(2)20(12(3)4,13(5)6)19-16(18)14-7-9-15(17)10-8-14/h7-13,17H,1-6H3. The molecule has 0 saturated carbocycles. The molecule has 0 aliphatic carbocycles. The zero-order valence-corrected chi connectivity index (χ0v) is 14.3. The first-order valence-corrected chi connectivity index (χ1v) is 9.38. The summed E-state index contributed by atoms with van der Waals surface area (Å²) in [6.07, 6.45) is 0. The summed E-state index contributed by atoms with van der Waals surface area (Å²) in [6, 6.07) is 6.25. The van der Waals surface area contributed by atoms with Crippen LogP contribution in [0.3, 0.4) is 0 Å². The first-order chi connectivity index (χ1) is 9.21. The summed E-state index contributed by atoms with van der Waals surface area (Å²) in [7, 11) is -2.20. The Morgan fingerprint density at radius 3 is 1.70 bits per heavy atom. The van der Waals surface area contributed by atoms with Gasteiger partial charge in [0.1, 0.15) is 5.75 Å². The molecule has 0 spiro atoms. The highest BCUT2D eigenvalue weighted by molar-refractivity contribution is 6.79. The van der Waals surface area contributed by atoms with Gasteiger partial charge in [-0.1, -0.05) is 41.5 Å². The Balaban J connectivity index is 3.07. The van der Waals surface area contributed by atoms with Gasteiger partial charge in [0.15, 0.2) is 0 Å². The third-order valence-corrected chi connectivity index (χ3v) is 10.0. The number of hydrogen-bond acceptors (Lipinski definition) is 3. The van der Waals surface area contributed by atoms with Gasteiger partial charge in [-0.05, 0) is 40.9 Å². The number of hydrogen-bond donors (Lipinski definition) is 1. The van der Waals surface area contributed by atoms with Crippen LogP contribution in [0.1, 0.15) is 51.9 Å². The second-order valence-corrected chi connectivity index (χ2v) is 11.6. The summed E-state index contributed by atoms with van der Waals surface area (Å²) >= 11 is 0. The van der Waals surface area contributed by atoms with Crippen LogP contribution < -0.4 is 0 Å². The first-order valence-electron chi connectivity index (χ1n) is 7.24. The maximum atomic E-state index is 12.4. The highest BCUT2D eigenvalue weighted by Crippen LogP contribution is 2.42. The van der Waals surface area contributed by atoms with Gasteiger partial charge in [0.05, 0.1) is 5.56 Å². The van der Waals surface area contributed by atoms with E-state index in [0.717, 1.165) is 0 Å². The van der Waals surface area contributed by atoms with Gasteiger partial charge in [-0.2, -0.15) is 0 Å². The molecule has 0 atom stereocenters. The molecular weight excluding hydrogens is 268 g/mol. The predicted molar refractivity (Wildman–Crippen MR) is 84.6 cm³/mol. The number of benzene rings is 1. The molecular formula is C16H26O3Si. The average molecular weight is 294 g/mol. The van der Waals surface area contributed by atoms with Crippen molar-refractivity contribution < 1.29 is 14.3 Å². The lowest BCUT2D eigenvalue weighted by atomic mass is 10.2. The second-order valence-electron chi connectivity index (χ2n) is 6.25. The Morgan fingerprint density at radius 2 is 1.35 bits per heavy atom. The van der Waals surface area contributed by atoms with Gasteiger partial charge in [0.2, 0.25) is 0 Å². The molecule has 0 fully saturated rings. The SMILES string of the molecule is CC(C)[Si](OC(=O)c1ccc(O)cc1)(C(C)C)C(C)C. The van der Waals surface area contributed by atoms with Crippen LogP contribution in [-0.4, -0.2) is 19.4 Å². The maximum absolute atomic E-state index is 12.4. The van der Waals surface area contributed by atoms with E-state index in [9.17, 15) is 9.90 Å². The fourth-order valence-corrected chi connectivity index (χ4v) is 8.32. The van der Waals surface area contributed by atoms with Gasteiger partial charge in [-0.25, -0.2) is 4.79 Å². The van der Waals surface area contributed by atoms with Gasteiger partial charge >= 0.3 is 5.97 Å². The number of carbonyl (C=O) groups is 1. The van der Waals surface area contributed by atoms with Gasteiger partial charge in [-0.15, -0.1) is 0 Å². The molecule has 3 nitrogen and oxygen atoms in total. The minimum Gasteiger partial charge on any atom is -0.515 e. The van der Waals surface area contributed by atoms with Crippen LogP contribution in [0.5, 0.6) is 5.75 Å². The zero-order valence-electron chi connectivity index (χ0n) is 13.3. The maximum Gasteiger partial charge on any atom is 0.324 e. The van der Waals surface area contributed by atoms with Gasteiger partial charge in [0.25, 0.3) is 8.32 Å². The van der Waals surface area contributed by atoms with Crippen molar-refractivity contribution in [2.75, 3.05) is 0 Å². The van der Waals surface area contributed by atoms with Gasteiger partial charge in [0, 0.05) is 0 Å². The normalized spacial score (nSPS) is 12.2. The molecule has 0 radical (unpaired) electrons. The summed E-state index contributed by atoms with van der Waals surface area (Å²) in [5.74, 6) is -0.116. The molecule has 0 bridgehead atoms. The van der Waals surface area contributed by atoms with Crippen molar-refractivity contribution in [3.05, 3.63) is 29.8 Å². The van der Waals surface area contributed by atoms with Crippen LogP contribution in [-0.2, 0) is 4.43 Å². The number of phenols is 1. The van der Waals surface area contributed by atoms with Crippen molar-refractivity contribution in [2.45, 2.75) is 58.2 Å². The lowest BCUT2D eigenvalue weighted by Crippen LogP contribution is -2.49.